The van der Waals surface area contributed by atoms with Crippen LogP contribution < -0.4 is 0 Å². The monoisotopic (exact) mass is 648 g/mol. The van der Waals surface area contributed by atoms with Gasteiger partial charge in [-0.1, -0.05) is 109 Å². The van der Waals surface area contributed by atoms with Crippen molar-refractivity contribution in [2.75, 3.05) is 0 Å². The van der Waals surface area contributed by atoms with Gasteiger partial charge in [-0.3, -0.25) is 0 Å². The van der Waals surface area contributed by atoms with Gasteiger partial charge in [0.2, 0.25) is 0 Å². The molecule has 0 nitrogen and oxygen atoms in total. The molecule has 0 bridgehead atoms. The molecule has 0 saturated heterocycles. The zero-order valence-electron chi connectivity index (χ0n) is 25.1. The number of benzene rings is 8. The normalized spacial score (nSPS) is 12.3. The third-order valence-electron chi connectivity index (χ3n) is 9.86. The molecule has 0 fully saturated rings. The van der Waals surface area contributed by atoms with Crippen molar-refractivity contribution in [3.63, 3.8) is 0 Å². The van der Waals surface area contributed by atoms with E-state index in [1.54, 1.807) is 0 Å². The molecule has 0 aliphatic carbocycles. The van der Waals surface area contributed by atoms with Crippen molar-refractivity contribution < 1.29 is 0 Å². The highest BCUT2D eigenvalue weighted by Crippen LogP contribution is 2.53. The van der Waals surface area contributed by atoms with Crippen LogP contribution in [0.25, 0.3) is 104 Å². The van der Waals surface area contributed by atoms with Gasteiger partial charge in [0, 0.05) is 66.1 Å². The van der Waals surface area contributed by atoms with Gasteiger partial charge in [0.25, 0.3) is 0 Å². The fourth-order valence-electron chi connectivity index (χ4n) is 7.89. The number of hydrogen-bond donors (Lipinski definition) is 0. The minimum absolute atomic E-state index is 1.27. The fourth-order valence-corrected chi connectivity index (χ4v) is 11.4. The van der Waals surface area contributed by atoms with Gasteiger partial charge in [0.1, 0.15) is 0 Å². The van der Waals surface area contributed by atoms with Crippen molar-refractivity contribution in [3.8, 4) is 22.3 Å². The summed E-state index contributed by atoms with van der Waals surface area (Å²) in [4.78, 5) is 0. The molecule has 0 spiro atoms. The summed E-state index contributed by atoms with van der Waals surface area (Å²) in [6, 6.07) is 54.4. The predicted molar refractivity (Wildman–Crippen MR) is 211 cm³/mol. The Morgan fingerprint density at radius 1 is 0.277 bits per heavy atom. The van der Waals surface area contributed by atoms with Gasteiger partial charge in [-0.05, 0) is 74.6 Å². The SMILES string of the molecule is c1ccc2c(c1)sc1ccc(-c3c4ccccc4c(-c4c5sc6ccccc6c5cc5sc6ccccc6c45)c4ccccc34)cc12. The lowest BCUT2D eigenvalue weighted by Crippen LogP contribution is -1.91. The van der Waals surface area contributed by atoms with Crippen LogP contribution >= 0.6 is 34.0 Å². The fraction of sp³-hybridized carbons (Fsp3) is 0. The second kappa shape index (κ2) is 9.73. The molecule has 0 N–H and O–H groups in total. The first-order valence-electron chi connectivity index (χ1n) is 15.9. The topological polar surface area (TPSA) is 0 Å². The van der Waals surface area contributed by atoms with Crippen molar-refractivity contribution in [3.05, 3.63) is 146 Å². The summed E-state index contributed by atoms with van der Waals surface area (Å²) in [5.74, 6) is 0. The summed E-state index contributed by atoms with van der Waals surface area (Å²) in [6.07, 6.45) is 0. The summed E-state index contributed by atoms with van der Waals surface area (Å²) in [5, 5.41) is 13.3. The van der Waals surface area contributed by atoms with Crippen LogP contribution in [0.15, 0.2) is 146 Å². The Hall–Kier alpha value is -5.06. The van der Waals surface area contributed by atoms with Gasteiger partial charge in [0.15, 0.2) is 0 Å². The summed E-state index contributed by atoms with van der Waals surface area (Å²) in [7, 11) is 0. The second-order valence-corrected chi connectivity index (χ2v) is 15.6. The molecule has 3 aromatic heterocycles. The Balaban J connectivity index is 1.34. The first-order valence-corrected chi connectivity index (χ1v) is 18.4. The number of thiophene rings is 3. The first kappa shape index (κ1) is 26.1. The average molecular weight is 649 g/mol. The van der Waals surface area contributed by atoms with Crippen LogP contribution in [0, 0.1) is 0 Å². The zero-order chi connectivity index (χ0) is 30.6. The minimum atomic E-state index is 1.27. The van der Waals surface area contributed by atoms with Crippen LogP contribution in [-0.4, -0.2) is 0 Å². The van der Waals surface area contributed by atoms with Crippen LogP contribution in [0.1, 0.15) is 0 Å². The molecule has 0 aliphatic rings. The minimum Gasteiger partial charge on any atom is -0.135 e. The van der Waals surface area contributed by atoms with Crippen LogP contribution in [0.2, 0.25) is 0 Å². The number of fused-ring (bicyclic) bond motifs is 11. The molecule has 11 aromatic rings. The molecule has 0 atom stereocenters. The molecule has 0 aliphatic heterocycles. The molecular weight excluding hydrogens is 625 g/mol. The Bertz CT molecular complexity index is 3010. The summed E-state index contributed by atoms with van der Waals surface area (Å²) in [6.45, 7) is 0. The van der Waals surface area contributed by atoms with Gasteiger partial charge in [-0.25, -0.2) is 0 Å². The molecule has 0 radical (unpaired) electrons. The average Bonchev–Trinajstić information content (AvgIpc) is 3.81. The van der Waals surface area contributed by atoms with Crippen LogP contribution in [0.5, 0.6) is 0 Å². The van der Waals surface area contributed by atoms with E-state index >= 15 is 0 Å². The standard InChI is InChI=1S/C44H24S3/c1-3-15-30-28(13-1)40(25-21-22-38-33(23-25)26-11-5-8-18-35(26)45-38)29-14-2-4-16-31(29)41(30)43-42-32-17-7-10-20-37(32)46-39(42)24-34-27-12-6-9-19-36(27)47-44(34)43/h1-24H. The van der Waals surface area contributed by atoms with E-state index in [4.69, 9.17) is 0 Å². The third kappa shape index (κ3) is 3.62. The number of hydrogen-bond acceptors (Lipinski definition) is 3. The molecule has 47 heavy (non-hydrogen) atoms. The highest BCUT2D eigenvalue weighted by atomic mass is 32.1. The lowest BCUT2D eigenvalue weighted by Gasteiger charge is -2.19. The molecule has 8 aromatic carbocycles. The van der Waals surface area contributed by atoms with Crippen LogP contribution in [-0.2, 0) is 0 Å². The maximum Gasteiger partial charge on any atom is 0.0441 e. The molecular formula is C44H24S3. The predicted octanol–water partition coefficient (Wildman–Crippen LogP) is 14.4. The van der Waals surface area contributed by atoms with Gasteiger partial charge in [0.05, 0.1) is 0 Å². The van der Waals surface area contributed by atoms with E-state index < -0.39 is 0 Å². The quantitative estimate of drug-likeness (QED) is 0.164. The zero-order valence-corrected chi connectivity index (χ0v) is 27.5. The molecule has 3 heterocycles. The van der Waals surface area contributed by atoms with Crippen molar-refractivity contribution in [2.24, 2.45) is 0 Å². The van der Waals surface area contributed by atoms with E-state index in [9.17, 15) is 0 Å². The lowest BCUT2D eigenvalue weighted by molar-refractivity contribution is 1.72. The van der Waals surface area contributed by atoms with E-state index in [0.29, 0.717) is 0 Å². The number of rotatable bonds is 2. The molecule has 0 unspecified atom stereocenters. The third-order valence-corrected chi connectivity index (χ3v) is 13.3. The van der Waals surface area contributed by atoms with Gasteiger partial charge < -0.3 is 0 Å². The molecule has 218 valence electrons. The highest BCUT2D eigenvalue weighted by Gasteiger charge is 2.24. The molecule has 0 amide bonds. The lowest BCUT2D eigenvalue weighted by atomic mass is 9.84. The largest absolute Gasteiger partial charge is 0.135 e. The van der Waals surface area contributed by atoms with Gasteiger partial charge in [-0.2, -0.15) is 0 Å². The van der Waals surface area contributed by atoms with Crippen LogP contribution in [0.3, 0.4) is 0 Å². The van der Waals surface area contributed by atoms with E-state index in [1.165, 1.54) is 104 Å². The maximum atomic E-state index is 2.46. The van der Waals surface area contributed by atoms with Crippen LogP contribution in [0.4, 0.5) is 0 Å². The van der Waals surface area contributed by atoms with Gasteiger partial charge in [-0.15, -0.1) is 34.0 Å². The van der Waals surface area contributed by atoms with E-state index in [1.807, 2.05) is 34.0 Å². The summed E-state index contributed by atoms with van der Waals surface area (Å²) in [5.41, 5.74) is 5.29. The van der Waals surface area contributed by atoms with Crippen molar-refractivity contribution >= 4 is 116 Å². The maximum absolute atomic E-state index is 2.46. The van der Waals surface area contributed by atoms with E-state index in [2.05, 4.69) is 146 Å². The Kier molecular flexibility index (Phi) is 5.39. The smallest absolute Gasteiger partial charge is 0.0441 e. The van der Waals surface area contributed by atoms with Crippen molar-refractivity contribution in [1.82, 2.24) is 0 Å². The summed E-state index contributed by atoms with van der Waals surface area (Å²) < 4.78 is 8.08. The van der Waals surface area contributed by atoms with Crippen molar-refractivity contribution in [2.45, 2.75) is 0 Å². The molecule has 0 saturated carbocycles. The summed E-state index contributed by atoms with van der Waals surface area (Å²) >= 11 is 5.73. The highest BCUT2D eigenvalue weighted by molar-refractivity contribution is 7.28. The Morgan fingerprint density at radius 2 is 0.745 bits per heavy atom. The first-order chi connectivity index (χ1) is 23.3. The van der Waals surface area contributed by atoms with Gasteiger partial charge >= 0.3 is 0 Å². The van der Waals surface area contributed by atoms with Crippen molar-refractivity contribution in [1.29, 1.82) is 0 Å². The Labute approximate surface area is 282 Å². The van der Waals surface area contributed by atoms with E-state index in [-0.39, 0.29) is 0 Å². The Morgan fingerprint density at radius 3 is 1.40 bits per heavy atom. The molecule has 3 heteroatoms. The van der Waals surface area contributed by atoms with E-state index in [0.717, 1.165) is 0 Å². The molecule has 11 rings (SSSR count). The second-order valence-electron chi connectivity index (χ2n) is 12.3.